The summed E-state index contributed by atoms with van der Waals surface area (Å²) in [5, 5.41) is 4.45. The van der Waals surface area contributed by atoms with E-state index in [0.29, 0.717) is 25.4 Å². The van der Waals surface area contributed by atoms with Crippen LogP contribution in [-0.2, 0) is 18.3 Å². The Kier molecular flexibility index (Phi) is 5.08. The van der Waals surface area contributed by atoms with Gasteiger partial charge in [-0.1, -0.05) is 6.07 Å². The Morgan fingerprint density at radius 2 is 2.08 bits per heavy atom. The number of amides is 1. The van der Waals surface area contributed by atoms with Gasteiger partial charge in [0.25, 0.3) is 5.91 Å². The molecule has 7 heteroatoms. The van der Waals surface area contributed by atoms with Crippen LogP contribution in [0.2, 0.25) is 0 Å². The van der Waals surface area contributed by atoms with Crippen LogP contribution >= 0.6 is 0 Å². The maximum Gasteiger partial charge on any atom is 0.274 e. The van der Waals surface area contributed by atoms with Crippen molar-refractivity contribution in [1.82, 2.24) is 24.1 Å². The second-order valence-corrected chi connectivity index (χ2v) is 6.54. The summed E-state index contributed by atoms with van der Waals surface area (Å²) in [7, 11) is 3.55. The van der Waals surface area contributed by atoms with Crippen LogP contribution in [0.1, 0.15) is 33.0 Å². The average Bonchev–Trinajstić information content (AvgIpc) is 3.15. The first-order chi connectivity index (χ1) is 12.4. The molecule has 3 heterocycles. The summed E-state index contributed by atoms with van der Waals surface area (Å²) >= 11 is 0. The lowest BCUT2D eigenvalue weighted by molar-refractivity contribution is 0.0674. The normalized spacial score (nSPS) is 11.3. The Bertz CT molecular complexity index is 941. The van der Waals surface area contributed by atoms with Crippen LogP contribution < -0.4 is 0 Å². The van der Waals surface area contributed by atoms with Gasteiger partial charge in [-0.05, 0) is 32.4 Å². The monoisotopic (exact) mass is 355 g/mol. The van der Waals surface area contributed by atoms with Crippen molar-refractivity contribution in [2.75, 3.05) is 20.3 Å². The Balaban J connectivity index is 1.93. The van der Waals surface area contributed by atoms with Gasteiger partial charge in [0.2, 0.25) is 0 Å². The minimum absolute atomic E-state index is 0.104. The number of nitrogens with zero attached hydrogens (tertiary/aromatic N) is 5. The molecule has 0 atom stereocenters. The largest absolute Gasteiger partial charge is 0.383 e. The van der Waals surface area contributed by atoms with Crippen LogP contribution in [0.3, 0.4) is 0 Å². The lowest BCUT2D eigenvalue weighted by atomic mass is 10.1. The molecular weight excluding hydrogens is 330 g/mol. The number of methoxy groups -OCH3 is 1. The molecule has 3 aromatic heterocycles. The molecule has 0 aliphatic heterocycles. The van der Waals surface area contributed by atoms with Gasteiger partial charge in [-0.15, -0.1) is 0 Å². The van der Waals surface area contributed by atoms with Gasteiger partial charge >= 0.3 is 0 Å². The van der Waals surface area contributed by atoms with E-state index in [0.717, 1.165) is 28.2 Å². The van der Waals surface area contributed by atoms with Crippen molar-refractivity contribution in [1.29, 1.82) is 0 Å². The Morgan fingerprint density at radius 1 is 1.31 bits per heavy atom. The molecule has 0 aliphatic carbocycles. The van der Waals surface area contributed by atoms with Crippen LogP contribution in [0.15, 0.2) is 24.5 Å². The quantitative estimate of drug-likeness (QED) is 0.680. The van der Waals surface area contributed by atoms with Crippen molar-refractivity contribution in [2.24, 2.45) is 7.05 Å². The average molecular weight is 355 g/mol. The second-order valence-electron chi connectivity index (χ2n) is 6.54. The number of fused-ring (bicyclic) bond motifs is 1. The molecule has 0 radical (unpaired) electrons. The fourth-order valence-electron chi connectivity index (χ4n) is 3.11. The molecule has 0 bridgehead atoms. The summed E-state index contributed by atoms with van der Waals surface area (Å²) in [4.78, 5) is 19.5. The SMILES string of the molecule is COCCN(Cc1c(C)nn(C)c1C)C(=O)c1cn2cccc(C)c2n1. The van der Waals surface area contributed by atoms with Gasteiger partial charge < -0.3 is 14.0 Å². The predicted octanol–water partition coefficient (Wildman–Crippen LogP) is 2.28. The van der Waals surface area contributed by atoms with E-state index in [1.54, 1.807) is 18.2 Å². The van der Waals surface area contributed by atoms with Gasteiger partial charge in [0.05, 0.1) is 12.3 Å². The fraction of sp³-hybridized carbons (Fsp3) is 0.421. The molecule has 7 nitrogen and oxygen atoms in total. The lowest BCUT2D eigenvalue weighted by Crippen LogP contribution is -2.34. The van der Waals surface area contributed by atoms with E-state index in [-0.39, 0.29) is 5.91 Å². The van der Waals surface area contributed by atoms with Crippen LogP contribution in [0, 0.1) is 20.8 Å². The number of aromatic nitrogens is 4. The van der Waals surface area contributed by atoms with Gasteiger partial charge in [0.15, 0.2) is 0 Å². The highest BCUT2D eigenvalue weighted by molar-refractivity contribution is 5.93. The van der Waals surface area contributed by atoms with Crippen molar-refractivity contribution in [2.45, 2.75) is 27.3 Å². The zero-order chi connectivity index (χ0) is 18.8. The summed E-state index contributed by atoms with van der Waals surface area (Å²) in [5.41, 5.74) is 5.34. The molecule has 3 aromatic rings. The number of pyridine rings is 1. The number of hydrogen-bond acceptors (Lipinski definition) is 4. The predicted molar refractivity (Wildman–Crippen MR) is 99.2 cm³/mol. The Hall–Kier alpha value is -2.67. The van der Waals surface area contributed by atoms with Crippen molar-refractivity contribution in [3.63, 3.8) is 0 Å². The van der Waals surface area contributed by atoms with Gasteiger partial charge in [0, 0.05) is 50.9 Å². The molecule has 0 unspecified atom stereocenters. The minimum Gasteiger partial charge on any atom is -0.383 e. The standard InChI is InChI=1S/C19H25N5O2/c1-13-7-6-8-23-12-17(20-18(13)23)19(25)24(9-10-26-5)11-16-14(2)21-22(4)15(16)3/h6-8,12H,9-11H2,1-5H3. The summed E-state index contributed by atoms with van der Waals surface area (Å²) in [6.45, 7) is 7.42. The zero-order valence-electron chi connectivity index (χ0n) is 16.0. The maximum absolute atomic E-state index is 13.1. The molecule has 0 N–H and O–H groups in total. The number of carbonyl (C=O) groups excluding carboxylic acids is 1. The van der Waals surface area contributed by atoms with E-state index in [1.165, 1.54) is 0 Å². The highest BCUT2D eigenvalue weighted by Gasteiger charge is 2.22. The lowest BCUT2D eigenvalue weighted by Gasteiger charge is -2.21. The van der Waals surface area contributed by atoms with E-state index >= 15 is 0 Å². The first kappa shape index (κ1) is 18.1. The molecule has 0 aliphatic rings. The van der Waals surface area contributed by atoms with Crippen molar-refractivity contribution < 1.29 is 9.53 Å². The van der Waals surface area contributed by atoms with E-state index in [4.69, 9.17) is 4.74 Å². The summed E-state index contributed by atoms with van der Waals surface area (Å²) < 4.78 is 8.93. The number of ether oxygens (including phenoxy) is 1. The molecule has 26 heavy (non-hydrogen) atoms. The topological polar surface area (TPSA) is 64.7 Å². The molecular formula is C19H25N5O2. The molecule has 0 spiro atoms. The molecule has 0 aromatic carbocycles. The van der Waals surface area contributed by atoms with E-state index in [1.807, 2.05) is 55.2 Å². The molecule has 1 amide bonds. The third-order valence-electron chi connectivity index (χ3n) is 4.76. The van der Waals surface area contributed by atoms with Crippen molar-refractivity contribution in [3.05, 3.63) is 52.7 Å². The maximum atomic E-state index is 13.1. The van der Waals surface area contributed by atoms with Gasteiger partial charge in [-0.25, -0.2) is 4.98 Å². The molecule has 0 saturated carbocycles. The molecule has 3 rings (SSSR count). The molecule has 0 fully saturated rings. The van der Waals surface area contributed by atoms with Crippen molar-refractivity contribution >= 4 is 11.6 Å². The van der Waals surface area contributed by atoms with E-state index in [2.05, 4.69) is 10.1 Å². The van der Waals surface area contributed by atoms with Gasteiger partial charge in [0.1, 0.15) is 11.3 Å². The second kappa shape index (κ2) is 7.29. The highest BCUT2D eigenvalue weighted by atomic mass is 16.5. The van der Waals surface area contributed by atoms with E-state index < -0.39 is 0 Å². The number of hydrogen-bond donors (Lipinski definition) is 0. The molecule has 0 saturated heterocycles. The Morgan fingerprint density at radius 3 is 2.69 bits per heavy atom. The number of aryl methyl sites for hydroxylation is 3. The highest BCUT2D eigenvalue weighted by Crippen LogP contribution is 2.17. The van der Waals surface area contributed by atoms with Crippen LogP contribution in [0.5, 0.6) is 0 Å². The van der Waals surface area contributed by atoms with Crippen LogP contribution in [0.4, 0.5) is 0 Å². The number of rotatable bonds is 6. The third kappa shape index (κ3) is 3.35. The van der Waals surface area contributed by atoms with Crippen LogP contribution in [0.25, 0.3) is 5.65 Å². The summed E-state index contributed by atoms with van der Waals surface area (Å²) in [6, 6.07) is 3.94. The minimum atomic E-state index is -0.104. The smallest absolute Gasteiger partial charge is 0.274 e. The first-order valence-electron chi connectivity index (χ1n) is 8.64. The molecule has 138 valence electrons. The Labute approximate surface area is 153 Å². The zero-order valence-corrected chi connectivity index (χ0v) is 16.0. The van der Waals surface area contributed by atoms with Gasteiger partial charge in [-0.2, -0.15) is 5.10 Å². The first-order valence-corrected chi connectivity index (χ1v) is 8.64. The third-order valence-corrected chi connectivity index (χ3v) is 4.76. The van der Waals surface area contributed by atoms with Gasteiger partial charge in [-0.3, -0.25) is 9.48 Å². The summed E-state index contributed by atoms with van der Waals surface area (Å²) in [6.07, 6.45) is 3.69. The van der Waals surface area contributed by atoms with E-state index in [9.17, 15) is 4.79 Å². The van der Waals surface area contributed by atoms with Crippen LogP contribution in [-0.4, -0.2) is 50.2 Å². The van der Waals surface area contributed by atoms with Crippen molar-refractivity contribution in [3.8, 4) is 0 Å². The fourth-order valence-corrected chi connectivity index (χ4v) is 3.11. The summed E-state index contributed by atoms with van der Waals surface area (Å²) in [5.74, 6) is -0.104. The number of carbonyl (C=O) groups is 1. The number of imidazole rings is 1.